The second-order valence-electron chi connectivity index (χ2n) is 4.83. The van der Waals surface area contributed by atoms with Gasteiger partial charge in [-0.25, -0.2) is 9.78 Å². The molecule has 4 nitrogen and oxygen atoms in total. The summed E-state index contributed by atoms with van der Waals surface area (Å²) in [6, 6.07) is 3.65. The molecule has 1 rings (SSSR count). The van der Waals surface area contributed by atoms with Crippen molar-refractivity contribution in [3.05, 3.63) is 29.6 Å². The van der Waals surface area contributed by atoms with Gasteiger partial charge in [0.15, 0.2) is 5.69 Å². The molecule has 4 heteroatoms. The van der Waals surface area contributed by atoms with Crippen molar-refractivity contribution in [1.29, 1.82) is 0 Å². The van der Waals surface area contributed by atoms with Gasteiger partial charge in [0.2, 0.25) is 0 Å². The molecule has 0 unspecified atom stereocenters. The lowest BCUT2D eigenvalue weighted by Gasteiger charge is -2.25. The number of rotatable bonds is 8. The standard InChI is InChI=1S/C15H24N2O2/c1-4-12(5-2)10-17(6-3)11-13-8-7-9-16-14(13)15(18)19/h7-9,12H,4-6,10-11H2,1-3H3,(H,18,19). The van der Waals surface area contributed by atoms with Crippen molar-refractivity contribution in [2.45, 2.75) is 40.2 Å². The molecule has 0 aliphatic rings. The molecule has 1 aromatic heterocycles. The zero-order valence-electron chi connectivity index (χ0n) is 12.1. The number of aromatic nitrogens is 1. The topological polar surface area (TPSA) is 53.4 Å². The van der Waals surface area contributed by atoms with Crippen LogP contribution in [0.3, 0.4) is 0 Å². The van der Waals surface area contributed by atoms with Crippen LogP contribution in [0.5, 0.6) is 0 Å². The van der Waals surface area contributed by atoms with Crippen molar-refractivity contribution in [3.63, 3.8) is 0 Å². The van der Waals surface area contributed by atoms with Crippen LogP contribution in [0.2, 0.25) is 0 Å². The Hall–Kier alpha value is -1.42. The minimum absolute atomic E-state index is 0.172. The Morgan fingerprint density at radius 1 is 1.37 bits per heavy atom. The third kappa shape index (κ3) is 4.63. The largest absolute Gasteiger partial charge is 0.477 e. The molecule has 0 spiro atoms. The molecule has 0 radical (unpaired) electrons. The normalized spacial score (nSPS) is 11.2. The summed E-state index contributed by atoms with van der Waals surface area (Å²) in [4.78, 5) is 17.4. The van der Waals surface area contributed by atoms with E-state index in [1.165, 1.54) is 6.20 Å². The number of carboxylic acid groups (broad SMARTS) is 1. The van der Waals surface area contributed by atoms with Gasteiger partial charge >= 0.3 is 5.97 Å². The van der Waals surface area contributed by atoms with E-state index in [4.69, 9.17) is 5.11 Å². The van der Waals surface area contributed by atoms with E-state index in [1.807, 2.05) is 6.07 Å². The first-order valence-electron chi connectivity index (χ1n) is 7.01. The summed E-state index contributed by atoms with van der Waals surface area (Å²) in [5.74, 6) is -0.279. The maximum atomic E-state index is 11.1. The van der Waals surface area contributed by atoms with Crippen molar-refractivity contribution in [2.24, 2.45) is 5.92 Å². The molecule has 0 bridgehead atoms. The van der Waals surface area contributed by atoms with Crippen molar-refractivity contribution >= 4 is 5.97 Å². The predicted molar refractivity (Wildman–Crippen MR) is 76.2 cm³/mol. The van der Waals surface area contributed by atoms with E-state index in [1.54, 1.807) is 6.07 Å². The van der Waals surface area contributed by atoms with Gasteiger partial charge in [-0.2, -0.15) is 0 Å². The first-order valence-corrected chi connectivity index (χ1v) is 7.01. The highest BCUT2D eigenvalue weighted by Crippen LogP contribution is 2.14. The van der Waals surface area contributed by atoms with E-state index < -0.39 is 5.97 Å². The lowest BCUT2D eigenvalue weighted by Crippen LogP contribution is -2.29. The molecule has 0 fully saturated rings. The SMILES string of the molecule is CCC(CC)CN(CC)Cc1cccnc1C(=O)O. The van der Waals surface area contributed by atoms with Gasteiger partial charge < -0.3 is 5.11 Å². The average Bonchev–Trinajstić information content (AvgIpc) is 2.43. The molecule has 0 amide bonds. The maximum absolute atomic E-state index is 11.1. The Kier molecular flexibility index (Phi) is 6.50. The molecule has 1 heterocycles. The second-order valence-corrected chi connectivity index (χ2v) is 4.83. The van der Waals surface area contributed by atoms with Crippen LogP contribution < -0.4 is 0 Å². The zero-order chi connectivity index (χ0) is 14.3. The Bertz CT molecular complexity index is 403. The van der Waals surface area contributed by atoms with Crippen LogP contribution in [-0.2, 0) is 6.54 Å². The number of carboxylic acids is 1. The summed E-state index contributed by atoms with van der Waals surface area (Å²) in [5.41, 5.74) is 0.966. The first-order chi connectivity index (χ1) is 9.12. The summed E-state index contributed by atoms with van der Waals surface area (Å²) < 4.78 is 0. The fourth-order valence-electron chi connectivity index (χ4n) is 2.22. The molecule has 0 aliphatic carbocycles. The number of hydrogen-bond acceptors (Lipinski definition) is 3. The molecular formula is C15H24N2O2. The summed E-state index contributed by atoms with van der Waals surface area (Å²) in [5, 5.41) is 9.14. The van der Waals surface area contributed by atoms with Gasteiger partial charge in [0.1, 0.15) is 0 Å². The molecular weight excluding hydrogens is 240 g/mol. The fourth-order valence-corrected chi connectivity index (χ4v) is 2.22. The fraction of sp³-hybridized carbons (Fsp3) is 0.600. The zero-order valence-corrected chi connectivity index (χ0v) is 12.1. The van der Waals surface area contributed by atoms with E-state index in [0.29, 0.717) is 12.5 Å². The molecule has 0 aliphatic heterocycles. The van der Waals surface area contributed by atoms with Crippen LogP contribution in [0.1, 0.15) is 49.7 Å². The molecule has 0 saturated heterocycles. The lowest BCUT2D eigenvalue weighted by atomic mass is 10.0. The summed E-state index contributed by atoms with van der Waals surface area (Å²) in [6.45, 7) is 9.10. The van der Waals surface area contributed by atoms with Gasteiger partial charge in [0.25, 0.3) is 0 Å². The third-order valence-corrected chi connectivity index (χ3v) is 3.61. The minimum Gasteiger partial charge on any atom is -0.477 e. The maximum Gasteiger partial charge on any atom is 0.354 e. The van der Waals surface area contributed by atoms with E-state index in [2.05, 4.69) is 30.7 Å². The Balaban J connectivity index is 2.78. The highest BCUT2D eigenvalue weighted by molar-refractivity contribution is 5.86. The van der Waals surface area contributed by atoms with E-state index in [9.17, 15) is 4.79 Å². The first kappa shape index (κ1) is 15.6. The summed E-state index contributed by atoms with van der Waals surface area (Å²) in [6.07, 6.45) is 3.85. The molecule has 0 aromatic carbocycles. The van der Waals surface area contributed by atoms with Crippen molar-refractivity contribution in [1.82, 2.24) is 9.88 Å². The van der Waals surface area contributed by atoms with Gasteiger partial charge in [-0.3, -0.25) is 4.90 Å². The van der Waals surface area contributed by atoms with Crippen LogP contribution in [0, 0.1) is 5.92 Å². The Morgan fingerprint density at radius 2 is 2.05 bits per heavy atom. The third-order valence-electron chi connectivity index (χ3n) is 3.61. The van der Waals surface area contributed by atoms with Gasteiger partial charge in [0.05, 0.1) is 0 Å². The minimum atomic E-state index is -0.950. The highest BCUT2D eigenvalue weighted by atomic mass is 16.4. The van der Waals surface area contributed by atoms with E-state index >= 15 is 0 Å². The quantitative estimate of drug-likeness (QED) is 0.784. The summed E-state index contributed by atoms with van der Waals surface area (Å²) >= 11 is 0. The Morgan fingerprint density at radius 3 is 2.58 bits per heavy atom. The van der Waals surface area contributed by atoms with Crippen LogP contribution in [0.25, 0.3) is 0 Å². The van der Waals surface area contributed by atoms with Crippen LogP contribution in [-0.4, -0.2) is 34.0 Å². The molecule has 19 heavy (non-hydrogen) atoms. The van der Waals surface area contributed by atoms with Crippen LogP contribution in [0.4, 0.5) is 0 Å². The van der Waals surface area contributed by atoms with Gasteiger partial charge in [0, 0.05) is 19.3 Å². The van der Waals surface area contributed by atoms with Crippen molar-refractivity contribution < 1.29 is 9.90 Å². The van der Waals surface area contributed by atoms with Crippen LogP contribution >= 0.6 is 0 Å². The number of nitrogens with zero attached hydrogens (tertiary/aromatic N) is 2. The van der Waals surface area contributed by atoms with Gasteiger partial charge in [-0.1, -0.05) is 39.7 Å². The molecule has 106 valence electrons. The number of carbonyl (C=O) groups is 1. The lowest BCUT2D eigenvalue weighted by molar-refractivity contribution is 0.0687. The number of aromatic carboxylic acids is 1. The van der Waals surface area contributed by atoms with E-state index in [-0.39, 0.29) is 5.69 Å². The molecule has 1 N–H and O–H groups in total. The molecule has 1 aromatic rings. The number of hydrogen-bond donors (Lipinski definition) is 1. The predicted octanol–water partition coefficient (Wildman–Crippen LogP) is 3.04. The van der Waals surface area contributed by atoms with Gasteiger partial charge in [-0.05, 0) is 24.1 Å². The molecule has 0 saturated carbocycles. The van der Waals surface area contributed by atoms with E-state index in [0.717, 1.165) is 31.5 Å². The van der Waals surface area contributed by atoms with Crippen molar-refractivity contribution in [2.75, 3.05) is 13.1 Å². The van der Waals surface area contributed by atoms with Crippen molar-refractivity contribution in [3.8, 4) is 0 Å². The number of pyridine rings is 1. The van der Waals surface area contributed by atoms with Crippen LogP contribution in [0.15, 0.2) is 18.3 Å². The second kappa shape index (κ2) is 7.89. The monoisotopic (exact) mass is 264 g/mol. The van der Waals surface area contributed by atoms with Gasteiger partial charge in [-0.15, -0.1) is 0 Å². The smallest absolute Gasteiger partial charge is 0.354 e. The average molecular weight is 264 g/mol. The summed E-state index contributed by atoms with van der Waals surface area (Å²) in [7, 11) is 0. The highest BCUT2D eigenvalue weighted by Gasteiger charge is 2.15. The molecule has 0 atom stereocenters. The Labute approximate surface area is 115 Å².